The molecular weight excluding hydrogens is 534 g/mol. The molecule has 9 nitrogen and oxygen atoms in total. The summed E-state index contributed by atoms with van der Waals surface area (Å²) in [6.45, 7) is 6.99. The molecule has 0 unspecified atom stereocenters. The normalized spacial score (nSPS) is 15.3. The third-order valence-corrected chi connectivity index (χ3v) is 7.32. The summed E-state index contributed by atoms with van der Waals surface area (Å²) < 4.78 is 10.8. The van der Waals surface area contributed by atoms with E-state index in [1.54, 1.807) is 41.1 Å². The van der Waals surface area contributed by atoms with Crippen LogP contribution in [0.5, 0.6) is 5.75 Å². The molecule has 0 aliphatic carbocycles. The van der Waals surface area contributed by atoms with Gasteiger partial charge in [-0.05, 0) is 55.7 Å². The van der Waals surface area contributed by atoms with Gasteiger partial charge in [0.05, 0.1) is 12.2 Å². The first-order valence-corrected chi connectivity index (χ1v) is 15.0. The number of rotatable bonds is 15. The Hall–Kier alpha value is -3.88. The van der Waals surface area contributed by atoms with E-state index < -0.39 is 24.0 Å². The van der Waals surface area contributed by atoms with Gasteiger partial charge in [-0.25, -0.2) is 4.79 Å². The van der Waals surface area contributed by atoms with Gasteiger partial charge in [0.1, 0.15) is 17.8 Å². The molecule has 42 heavy (non-hydrogen) atoms. The molecule has 0 saturated carbocycles. The van der Waals surface area contributed by atoms with Crippen molar-refractivity contribution in [2.75, 3.05) is 33.4 Å². The number of unbranched alkanes of at least 4 members (excludes halogenated alkanes) is 1. The predicted octanol–water partition coefficient (Wildman–Crippen LogP) is 4.25. The number of benzene rings is 2. The van der Waals surface area contributed by atoms with Crippen LogP contribution in [0.15, 0.2) is 54.6 Å². The van der Waals surface area contributed by atoms with Crippen molar-refractivity contribution in [2.24, 2.45) is 5.92 Å². The van der Waals surface area contributed by atoms with Crippen molar-refractivity contribution in [3.8, 4) is 5.75 Å². The summed E-state index contributed by atoms with van der Waals surface area (Å²) >= 11 is 0. The summed E-state index contributed by atoms with van der Waals surface area (Å²) in [6, 6.07) is 15.2. The van der Waals surface area contributed by atoms with Crippen LogP contribution in [-0.4, -0.2) is 78.9 Å². The van der Waals surface area contributed by atoms with Gasteiger partial charge in [0.15, 0.2) is 6.61 Å². The van der Waals surface area contributed by atoms with E-state index in [2.05, 4.69) is 5.32 Å². The molecule has 3 rings (SSSR count). The van der Waals surface area contributed by atoms with Gasteiger partial charge in [-0.15, -0.1) is 0 Å². The minimum atomic E-state index is -0.812. The summed E-state index contributed by atoms with van der Waals surface area (Å²) in [7, 11) is 1.77. The van der Waals surface area contributed by atoms with Crippen LogP contribution >= 0.6 is 0 Å². The number of ether oxygens (including phenoxy) is 2. The molecule has 1 aliphatic rings. The third-order valence-electron chi connectivity index (χ3n) is 7.32. The van der Waals surface area contributed by atoms with Crippen LogP contribution in [0, 0.1) is 5.92 Å². The van der Waals surface area contributed by atoms with Crippen molar-refractivity contribution >= 4 is 23.7 Å². The number of likely N-dealkylation sites (N-methyl/N-ethyl adjacent to an activating group) is 1. The fourth-order valence-electron chi connectivity index (χ4n) is 5.01. The SMILES string of the molecule is CCCCOC(=O)COc1ccccc1C(=O)N[C@H](CC(C)C)C(=O)N1CCC[C@@H]1C(=O)N(C)CCc1ccccc1. The standard InChI is InChI=1S/C33H45N3O6/c1-5-6-21-41-30(37)23-42-29-17-11-10-15-26(29)31(38)34-27(22-24(2)3)32(39)36-19-12-16-28(36)33(40)35(4)20-18-25-13-8-7-9-14-25/h7-11,13-15,17,24,27-28H,5-6,12,16,18-23H2,1-4H3,(H,34,38)/t27-,28-/m1/s1. The molecule has 1 fully saturated rings. The molecule has 1 aliphatic heterocycles. The molecule has 0 bridgehead atoms. The first-order chi connectivity index (χ1) is 20.2. The average molecular weight is 580 g/mol. The fraction of sp³-hybridized carbons (Fsp3) is 0.515. The zero-order chi connectivity index (χ0) is 30.5. The van der Waals surface area contributed by atoms with Gasteiger partial charge in [-0.1, -0.05) is 69.7 Å². The van der Waals surface area contributed by atoms with Crippen molar-refractivity contribution in [3.63, 3.8) is 0 Å². The molecule has 2 aromatic carbocycles. The van der Waals surface area contributed by atoms with Gasteiger partial charge in [-0.2, -0.15) is 0 Å². The Morgan fingerprint density at radius 2 is 1.76 bits per heavy atom. The van der Waals surface area contributed by atoms with E-state index in [4.69, 9.17) is 9.47 Å². The van der Waals surface area contributed by atoms with Crippen molar-refractivity contribution in [2.45, 2.75) is 71.4 Å². The molecule has 0 aromatic heterocycles. The number of hydrogen-bond acceptors (Lipinski definition) is 6. The second kappa shape index (κ2) is 16.5. The minimum absolute atomic E-state index is 0.0871. The number of nitrogens with one attached hydrogen (secondary N) is 1. The van der Waals surface area contributed by atoms with E-state index in [-0.39, 0.29) is 35.7 Å². The molecule has 2 atom stereocenters. The molecule has 0 spiro atoms. The van der Waals surface area contributed by atoms with Crippen LogP contribution in [0.2, 0.25) is 0 Å². The number of carbonyl (C=O) groups is 4. The van der Waals surface area contributed by atoms with Crippen LogP contribution < -0.4 is 10.1 Å². The van der Waals surface area contributed by atoms with Crippen LogP contribution in [0.1, 0.15) is 68.8 Å². The van der Waals surface area contributed by atoms with Crippen LogP contribution in [0.4, 0.5) is 0 Å². The zero-order valence-electron chi connectivity index (χ0n) is 25.3. The Bertz CT molecular complexity index is 1190. The Kier molecular flexibility index (Phi) is 12.8. The number of nitrogens with zero attached hydrogens (tertiary/aromatic N) is 2. The van der Waals surface area contributed by atoms with E-state index >= 15 is 0 Å². The molecular formula is C33H45N3O6. The zero-order valence-corrected chi connectivity index (χ0v) is 25.3. The highest BCUT2D eigenvalue weighted by atomic mass is 16.6. The van der Waals surface area contributed by atoms with Crippen molar-refractivity contribution in [1.82, 2.24) is 15.1 Å². The predicted molar refractivity (Wildman–Crippen MR) is 161 cm³/mol. The third kappa shape index (κ3) is 9.60. The second-order valence-electron chi connectivity index (χ2n) is 11.2. The quantitative estimate of drug-likeness (QED) is 0.250. The van der Waals surface area contributed by atoms with E-state index in [1.807, 2.05) is 51.1 Å². The van der Waals surface area contributed by atoms with Crippen LogP contribution in [0.3, 0.4) is 0 Å². The number of hydrogen-bond donors (Lipinski definition) is 1. The molecule has 2 aromatic rings. The lowest BCUT2D eigenvalue weighted by Crippen LogP contribution is -2.54. The smallest absolute Gasteiger partial charge is 0.344 e. The maximum Gasteiger partial charge on any atom is 0.344 e. The average Bonchev–Trinajstić information content (AvgIpc) is 3.48. The Balaban J connectivity index is 1.67. The van der Waals surface area contributed by atoms with E-state index in [0.29, 0.717) is 32.5 Å². The van der Waals surface area contributed by atoms with E-state index in [9.17, 15) is 19.2 Å². The highest BCUT2D eigenvalue weighted by Crippen LogP contribution is 2.23. The summed E-state index contributed by atoms with van der Waals surface area (Å²) in [5.74, 6) is -0.990. The lowest BCUT2D eigenvalue weighted by atomic mass is 10.0. The number of esters is 1. The number of likely N-dealkylation sites (tertiary alicyclic amines) is 1. The summed E-state index contributed by atoms with van der Waals surface area (Å²) in [5, 5.41) is 2.90. The van der Waals surface area contributed by atoms with Crippen molar-refractivity contribution < 1.29 is 28.7 Å². The number of carbonyl (C=O) groups excluding carboxylic acids is 4. The number of para-hydroxylation sites is 1. The topological polar surface area (TPSA) is 105 Å². The highest BCUT2D eigenvalue weighted by molar-refractivity contribution is 6.00. The van der Waals surface area contributed by atoms with Gasteiger partial charge < -0.3 is 24.6 Å². The van der Waals surface area contributed by atoms with E-state index in [1.165, 1.54) is 0 Å². The van der Waals surface area contributed by atoms with Crippen LogP contribution in [-0.2, 0) is 25.5 Å². The van der Waals surface area contributed by atoms with Crippen molar-refractivity contribution in [1.29, 1.82) is 0 Å². The Labute approximate surface area is 249 Å². The molecule has 1 heterocycles. The molecule has 9 heteroatoms. The first-order valence-electron chi connectivity index (χ1n) is 15.0. The molecule has 1 N–H and O–H groups in total. The Morgan fingerprint density at radius 3 is 2.48 bits per heavy atom. The minimum Gasteiger partial charge on any atom is -0.481 e. The maximum absolute atomic E-state index is 13.8. The monoisotopic (exact) mass is 579 g/mol. The molecule has 0 radical (unpaired) electrons. The summed E-state index contributed by atoms with van der Waals surface area (Å²) in [5.41, 5.74) is 1.36. The second-order valence-corrected chi connectivity index (χ2v) is 11.2. The highest BCUT2D eigenvalue weighted by Gasteiger charge is 2.39. The largest absolute Gasteiger partial charge is 0.481 e. The lowest BCUT2D eigenvalue weighted by Gasteiger charge is -2.31. The van der Waals surface area contributed by atoms with Crippen molar-refractivity contribution in [3.05, 3.63) is 65.7 Å². The summed E-state index contributed by atoms with van der Waals surface area (Å²) in [6.07, 6.45) is 4.14. The van der Waals surface area contributed by atoms with E-state index in [0.717, 1.165) is 31.2 Å². The van der Waals surface area contributed by atoms with Gasteiger partial charge in [0.25, 0.3) is 5.91 Å². The Morgan fingerprint density at radius 1 is 1.05 bits per heavy atom. The number of amides is 3. The first kappa shape index (κ1) is 32.6. The molecule has 3 amide bonds. The van der Waals surface area contributed by atoms with Gasteiger partial charge in [0.2, 0.25) is 11.8 Å². The van der Waals surface area contributed by atoms with Gasteiger partial charge >= 0.3 is 5.97 Å². The molecule has 228 valence electrons. The molecule has 1 saturated heterocycles. The van der Waals surface area contributed by atoms with Gasteiger partial charge in [-0.3, -0.25) is 14.4 Å². The maximum atomic E-state index is 13.8. The summed E-state index contributed by atoms with van der Waals surface area (Å²) in [4.78, 5) is 56.0. The lowest BCUT2D eigenvalue weighted by molar-refractivity contribution is -0.146. The fourth-order valence-corrected chi connectivity index (χ4v) is 5.01. The van der Waals surface area contributed by atoms with Gasteiger partial charge in [0, 0.05) is 20.1 Å². The van der Waals surface area contributed by atoms with Crippen LogP contribution in [0.25, 0.3) is 0 Å².